The summed E-state index contributed by atoms with van der Waals surface area (Å²) >= 11 is 0. The van der Waals surface area contributed by atoms with Gasteiger partial charge in [0.15, 0.2) is 0 Å². The minimum absolute atomic E-state index is 0.0300. The fourth-order valence-corrected chi connectivity index (χ4v) is 5.29. The van der Waals surface area contributed by atoms with E-state index in [-0.39, 0.29) is 6.10 Å². The molecule has 3 aliphatic heterocycles. The van der Waals surface area contributed by atoms with E-state index < -0.39 is 0 Å². The van der Waals surface area contributed by atoms with E-state index in [2.05, 4.69) is 69.2 Å². The first-order valence-electron chi connectivity index (χ1n) is 16.8. The molecule has 1 unspecified atom stereocenters. The molecule has 5 fully saturated rings. The zero-order valence-corrected chi connectivity index (χ0v) is 27.9. The highest BCUT2D eigenvalue weighted by Crippen LogP contribution is 2.35. The average molecular weight is 555 g/mol. The van der Waals surface area contributed by atoms with Gasteiger partial charge < -0.3 is 19.3 Å². The second-order valence-corrected chi connectivity index (χ2v) is 14.8. The lowest BCUT2D eigenvalue weighted by atomic mass is 9.75. The summed E-state index contributed by atoms with van der Waals surface area (Å²) in [5.41, 5.74) is 0. The van der Waals surface area contributed by atoms with Gasteiger partial charge in [0.05, 0.1) is 19.3 Å². The van der Waals surface area contributed by atoms with Gasteiger partial charge in [-0.05, 0) is 91.8 Å². The van der Waals surface area contributed by atoms with Crippen LogP contribution in [0.2, 0.25) is 0 Å². The van der Waals surface area contributed by atoms with Gasteiger partial charge in [0.25, 0.3) is 0 Å². The molecule has 5 aliphatic rings. The first-order valence-corrected chi connectivity index (χ1v) is 16.8. The van der Waals surface area contributed by atoms with Gasteiger partial charge in [-0.25, -0.2) is 0 Å². The van der Waals surface area contributed by atoms with Crippen molar-refractivity contribution in [1.29, 1.82) is 0 Å². The van der Waals surface area contributed by atoms with Crippen LogP contribution < -0.4 is 0 Å². The number of hydrogen-bond acceptors (Lipinski definition) is 4. The van der Waals surface area contributed by atoms with E-state index in [1.165, 1.54) is 38.5 Å². The second-order valence-electron chi connectivity index (χ2n) is 14.8. The van der Waals surface area contributed by atoms with Gasteiger partial charge >= 0.3 is 0 Å². The molecule has 234 valence electrons. The maximum absolute atomic E-state index is 8.87. The maximum atomic E-state index is 8.87. The molecule has 0 amide bonds. The molecular weight excluding hydrogens is 484 g/mol. The zero-order valence-electron chi connectivity index (χ0n) is 27.9. The molecule has 0 aromatic rings. The summed E-state index contributed by atoms with van der Waals surface area (Å²) in [5.74, 6) is 8.78. The van der Waals surface area contributed by atoms with Crippen molar-refractivity contribution in [2.45, 2.75) is 127 Å². The van der Waals surface area contributed by atoms with Crippen LogP contribution in [0, 0.1) is 59.2 Å². The predicted molar refractivity (Wildman–Crippen MR) is 167 cm³/mol. The predicted octanol–water partition coefficient (Wildman–Crippen LogP) is 8.89. The van der Waals surface area contributed by atoms with E-state index >= 15 is 0 Å². The van der Waals surface area contributed by atoms with Crippen molar-refractivity contribution in [3.63, 3.8) is 0 Å². The van der Waals surface area contributed by atoms with Gasteiger partial charge in [0, 0.05) is 32.3 Å². The number of hydrogen-bond donors (Lipinski definition) is 1. The molecule has 2 aliphatic carbocycles. The van der Waals surface area contributed by atoms with Crippen LogP contribution in [0.25, 0.3) is 0 Å². The second kappa shape index (κ2) is 20.7. The molecule has 4 heteroatoms. The Hall–Kier alpha value is -0.160. The van der Waals surface area contributed by atoms with Crippen LogP contribution in [0.4, 0.5) is 0 Å². The topological polar surface area (TPSA) is 47.9 Å². The summed E-state index contributed by atoms with van der Waals surface area (Å²) in [4.78, 5) is 0. The van der Waals surface area contributed by atoms with Crippen molar-refractivity contribution in [3.8, 4) is 0 Å². The highest BCUT2D eigenvalue weighted by atomic mass is 16.5. The third kappa shape index (κ3) is 18.1. The van der Waals surface area contributed by atoms with Gasteiger partial charge in [-0.3, -0.25) is 0 Å². The highest BCUT2D eigenvalue weighted by Gasteiger charge is 2.29. The fraction of sp³-hybridized carbons (Fsp3) is 1.00. The number of rotatable bonds is 6. The Bertz CT molecular complexity index is 547. The highest BCUT2D eigenvalue weighted by molar-refractivity contribution is 4.80. The summed E-state index contributed by atoms with van der Waals surface area (Å²) in [6.07, 6.45) is 10.4. The SMILES string of the molecule is CC(C)C1CC(O)C1.CC(C)C1CCOC1.CC(C)C1CCOCC1.CC(C)C1COC1.CC(C)CC1CC1. The number of ether oxygens (including phenoxy) is 3. The van der Waals surface area contributed by atoms with Crippen LogP contribution in [0.3, 0.4) is 0 Å². The lowest BCUT2D eigenvalue weighted by molar-refractivity contribution is -0.0534. The van der Waals surface area contributed by atoms with Crippen LogP contribution in [-0.2, 0) is 14.2 Å². The molecule has 3 heterocycles. The Morgan fingerprint density at radius 1 is 0.513 bits per heavy atom. The van der Waals surface area contributed by atoms with Crippen LogP contribution in [0.5, 0.6) is 0 Å². The van der Waals surface area contributed by atoms with E-state index in [4.69, 9.17) is 19.3 Å². The fourth-order valence-electron chi connectivity index (χ4n) is 5.29. The number of aliphatic hydroxyl groups excluding tert-OH is 1. The lowest BCUT2D eigenvalue weighted by Crippen LogP contribution is -2.31. The van der Waals surface area contributed by atoms with E-state index in [0.29, 0.717) is 0 Å². The minimum Gasteiger partial charge on any atom is -0.393 e. The Kier molecular flexibility index (Phi) is 19.5. The van der Waals surface area contributed by atoms with E-state index in [1.54, 1.807) is 0 Å². The molecule has 0 radical (unpaired) electrons. The molecular formula is C35H70O4. The Balaban J connectivity index is 0.000000244. The first kappa shape index (κ1) is 36.9. The van der Waals surface area contributed by atoms with Crippen molar-refractivity contribution >= 4 is 0 Å². The third-order valence-electron chi connectivity index (χ3n) is 9.32. The molecule has 5 rings (SSSR count). The maximum Gasteiger partial charge on any atom is 0.0545 e. The zero-order chi connectivity index (χ0) is 29.4. The van der Waals surface area contributed by atoms with Gasteiger partial charge in [0.1, 0.15) is 0 Å². The van der Waals surface area contributed by atoms with E-state index in [9.17, 15) is 0 Å². The summed E-state index contributed by atoms with van der Waals surface area (Å²) in [6, 6.07) is 0. The molecule has 1 atom stereocenters. The van der Waals surface area contributed by atoms with Gasteiger partial charge in [-0.2, -0.15) is 0 Å². The van der Waals surface area contributed by atoms with Crippen molar-refractivity contribution in [1.82, 2.24) is 0 Å². The number of aliphatic hydroxyl groups is 1. The molecule has 0 aromatic carbocycles. The Morgan fingerprint density at radius 3 is 1.13 bits per heavy atom. The van der Waals surface area contributed by atoms with Crippen molar-refractivity contribution in [2.75, 3.05) is 39.6 Å². The summed E-state index contributed by atoms with van der Waals surface area (Å²) in [5, 5.41) is 8.87. The Labute approximate surface area is 244 Å². The largest absolute Gasteiger partial charge is 0.393 e. The van der Waals surface area contributed by atoms with Crippen molar-refractivity contribution < 1.29 is 19.3 Å². The third-order valence-corrected chi connectivity index (χ3v) is 9.32. The Morgan fingerprint density at radius 2 is 0.949 bits per heavy atom. The van der Waals surface area contributed by atoms with Crippen LogP contribution in [-0.4, -0.2) is 50.9 Å². The molecule has 3 saturated heterocycles. The summed E-state index contributed by atoms with van der Waals surface area (Å²) < 4.78 is 15.5. The normalized spacial score (nSPS) is 26.9. The average Bonchev–Trinajstić information content (AvgIpc) is 3.43. The van der Waals surface area contributed by atoms with E-state index in [1.807, 2.05) is 0 Å². The molecule has 4 nitrogen and oxygen atoms in total. The minimum atomic E-state index is 0.0300. The lowest BCUT2D eigenvalue weighted by Gasteiger charge is -2.34. The summed E-state index contributed by atoms with van der Waals surface area (Å²) in [6.45, 7) is 28.6. The molecule has 0 spiro atoms. The molecule has 39 heavy (non-hydrogen) atoms. The quantitative estimate of drug-likeness (QED) is 0.356. The van der Waals surface area contributed by atoms with E-state index in [0.717, 1.165) is 112 Å². The first-order chi connectivity index (χ1) is 18.4. The van der Waals surface area contributed by atoms with Gasteiger partial charge in [-0.15, -0.1) is 0 Å². The smallest absolute Gasteiger partial charge is 0.0545 e. The van der Waals surface area contributed by atoms with Gasteiger partial charge in [-0.1, -0.05) is 82.1 Å². The van der Waals surface area contributed by atoms with Crippen LogP contribution in [0.1, 0.15) is 121 Å². The molecule has 0 aromatic heterocycles. The monoisotopic (exact) mass is 555 g/mol. The standard InChI is InChI=1S/C8H16O.2C7H14O.C7H14.C6H12O/c1-7(2)8-3-5-9-6-4-8;1-5(2)6-3-7(8)4-6;1-6(2)7-3-4-8-5-7;1-6(2)5-7-3-4-7;1-5(2)6-3-7-4-6/h7-8H,3-6H2,1-2H3;5-8H,3-4H2,1-2H3;6-7H,3-5H2,1-2H3;6-7H,3-5H2,1-2H3;5-6H,3-4H2,1-2H3. The van der Waals surface area contributed by atoms with Crippen LogP contribution >= 0.6 is 0 Å². The molecule has 0 bridgehead atoms. The van der Waals surface area contributed by atoms with Crippen molar-refractivity contribution in [3.05, 3.63) is 0 Å². The van der Waals surface area contributed by atoms with Crippen molar-refractivity contribution in [2.24, 2.45) is 59.2 Å². The van der Waals surface area contributed by atoms with Crippen LogP contribution in [0.15, 0.2) is 0 Å². The molecule has 2 saturated carbocycles. The van der Waals surface area contributed by atoms with Gasteiger partial charge in [0.2, 0.25) is 0 Å². The summed E-state index contributed by atoms with van der Waals surface area (Å²) in [7, 11) is 0. The molecule has 1 N–H and O–H groups in total.